The average Bonchev–Trinajstić information content (AvgIpc) is 2.51. The Bertz CT molecular complexity index is 481. The first-order valence-electron chi connectivity index (χ1n) is 6.43. The summed E-state index contributed by atoms with van der Waals surface area (Å²) in [4.78, 5) is 12.4. The molecule has 1 heterocycles. The van der Waals surface area contributed by atoms with Crippen LogP contribution in [0.3, 0.4) is 0 Å². The molecular weight excluding hydrogens is 294 g/mol. The molecule has 1 fully saturated rings. The van der Waals surface area contributed by atoms with Crippen LogP contribution in [0.1, 0.15) is 32.1 Å². The quantitative estimate of drug-likeness (QED) is 0.793. The van der Waals surface area contributed by atoms with Crippen LogP contribution in [0.15, 0.2) is 22.7 Å². The van der Waals surface area contributed by atoms with Gasteiger partial charge in [-0.25, -0.2) is 0 Å². The molecule has 1 amide bonds. The molecule has 0 aromatic heterocycles. The van der Waals surface area contributed by atoms with Crippen molar-refractivity contribution in [3.63, 3.8) is 0 Å². The monoisotopic (exact) mass is 309 g/mol. The average molecular weight is 310 g/mol. The van der Waals surface area contributed by atoms with Gasteiger partial charge in [0.2, 0.25) is 5.91 Å². The Morgan fingerprint density at radius 1 is 1.22 bits per heavy atom. The number of ether oxygens (including phenoxy) is 1. The highest BCUT2D eigenvalue weighted by Gasteiger charge is 2.42. The van der Waals surface area contributed by atoms with Crippen LogP contribution in [0.5, 0.6) is 5.75 Å². The molecule has 18 heavy (non-hydrogen) atoms. The molecule has 1 aliphatic heterocycles. The molecule has 0 radical (unpaired) electrons. The molecule has 2 aliphatic rings. The van der Waals surface area contributed by atoms with Gasteiger partial charge in [-0.05, 0) is 31.0 Å². The lowest BCUT2D eigenvalue weighted by Gasteiger charge is -2.33. The van der Waals surface area contributed by atoms with Crippen LogP contribution in [-0.4, -0.2) is 12.5 Å². The van der Waals surface area contributed by atoms with Gasteiger partial charge in [-0.15, -0.1) is 0 Å². The predicted molar refractivity (Wildman–Crippen MR) is 73.8 cm³/mol. The van der Waals surface area contributed by atoms with Crippen molar-refractivity contribution >= 4 is 27.5 Å². The van der Waals surface area contributed by atoms with Gasteiger partial charge in [0.05, 0.1) is 11.1 Å². The standard InChI is InChI=1S/C14H16BrNO2/c15-10-4-5-11-12(8-10)18-9-14(13(17)16-11)6-2-1-3-7-14/h4-5,8H,1-3,6-7,9H2,(H,16,17). The van der Waals surface area contributed by atoms with Gasteiger partial charge in [0.1, 0.15) is 12.4 Å². The molecule has 1 aromatic rings. The summed E-state index contributed by atoms with van der Waals surface area (Å²) < 4.78 is 6.85. The normalized spacial score (nSPS) is 21.7. The number of anilines is 1. The summed E-state index contributed by atoms with van der Waals surface area (Å²) in [6.45, 7) is 0.502. The van der Waals surface area contributed by atoms with E-state index in [0.717, 1.165) is 41.6 Å². The molecule has 1 aromatic carbocycles. The molecule has 1 aliphatic carbocycles. The van der Waals surface area contributed by atoms with Crippen molar-refractivity contribution in [2.24, 2.45) is 5.41 Å². The van der Waals surface area contributed by atoms with E-state index in [-0.39, 0.29) is 11.3 Å². The topological polar surface area (TPSA) is 38.3 Å². The second kappa shape index (κ2) is 4.57. The van der Waals surface area contributed by atoms with Gasteiger partial charge in [-0.1, -0.05) is 35.2 Å². The number of amides is 1. The van der Waals surface area contributed by atoms with Gasteiger partial charge in [-0.2, -0.15) is 0 Å². The summed E-state index contributed by atoms with van der Waals surface area (Å²) in [6, 6.07) is 5.72. The van der Waals surface area contributed by atoms with Crippen LogP contribution in [0.2, 0.25) is 0 Å². The van der Waals surface area contributed by atoms with Crippen LogP contribution in [0, 0.1) is 5.41 Å². The molecule has 96 valence electrons. The van der Waals surface area contributed by atoms with Crippen molar-refractivity contribution in [2.45, 2.75) is 32.1 Å². The summed E-state index contributed by atoms with van der Waals surface area (Å²) >= 11 is 3.43. The number of rotatable bonds is 0. The third-order valence-electron chi connectivity index (χ3n) is 3.99. The highest BCUT2D eigenvalue weighted by atomic mass is 79.9. The van der Waals surface area contributed by atoms with Crippen molar-refractivity contribution in [1.82, 2.24) is 0 Å². The maximum absolute atomic E-state index is 12.4. The number of hydrogen-bond donors (Lipinski definition) is 1. The fraction of sp³-hybridized carbons (Fsp3) is 0.500. The van der Waals surface area contributed by atoms with E-state index in [0.29, 0.717) is 6.61 Å². The smallest absolute Gasteiger partial charge is 0.234 e. The first-order chi connectivity index (χ1) is 8.70. The van der Waals surface area contributed by atoms with Crippen molar-refractivity contribution in [1.29, 1.82) is 0 Å². The molecule has 0 bridgehead atoms. The minimum Gasteiger partial charge on any atom is -0.490 e. The number of benzene rings is 1. The molecular formula is C14H16BrNO2. The number of nitrogens with one attached hydrogen (secondary N) is 1. The molecule has 4 heteroatoms. The second-order valence-corrected chi connectivity index (χ2v) is 6.14. The van der Waals surface area contributed by atoms with Gasteiger partial charge in [0, 0.05) is 4.47 Å². The third kappa shape index (κ3) is 2.03. The van der Waals surface area contributed by atoms with Crippen molar-refractivity contribution in [2.75, 3.05) is 11.9 Å². The minimum atomic E-state index is -0.316. The summed E-state index contributed by atoms with van der Waals surface area (Å²) in [7, 11) is 0. The summed E-state index contributed by atoms with van der Waals surface area (Å²) in [5.74, 6) is 0.892. The van der Waals surface area contributed by atoms with E-state index < -0.39 is 0 Å². The molecule has 0 saturated heterocycles. The maximum atomic E-state index is 12.4. The lowest BCUT2D eigenvalue weighted by Crippen LogP contribution is -2.41. The first kappa shape index (κ1) is 12.0. The van der Waals surface area contributed by atoms with Gasteiger partial charge < -0.3 is 10.1 Å². The van der Waals surface area contributed by atoms with Crippen molar-refractivity contribution in [3.05, 3.63) is 22.7 Å². The second-order valence-electron chi connectivity index (χ2n) is 5.22. The van der Waals surface area contributed by atoms with Gasteiger partial charge >= 0.3 is 0 Å². The Kier molecular flexibility index (Phi) is 3.06. The molecule has 3 nitrogen and oxygen atoms in total. The zero-order chi connectivity index (χ0) is 12.6. The minimum absolute atomic E-state index is 0.128. The zero-order valence-corrected chi connectivity index (χ0v) is 11.8. The number of carbonyl (C=O) groups excluding carboxylic acids is 1. The van der Waals surface area contributed by atoms with Crippen LogP contribution >= 0.6 is 15.9 Å². The van der Waals surface area contributed by atoms with Gasteiger partial charge in [0.15, 0.2) is 0 Å². The fourth-order valence-electron chi connectivity index (χ4n) is 2.86. The Hall–Kier alpha value is -1.03. The lowest BCUT2D eigenvalue weighted by molar-refractivity contribution is -0.128. The van der Waals surface area contributed by atoms with Crippen LogP contribution in [-0.2, 0) is 4.79 Å². The van der Waals surface area contributed by atoms with Crippen LogP contribution in [0.4, 0.5) is 5.69 Å². The van der Waals surface area contributed by atoms with E-state index in [1.807, 2.05) is 18.2 Å². The van der Waals surface area contributed by atoms with E-state index in [4.69, 9.17) is 4.74 Å². The largest absolute Gasteiger partial charge is 0.490 e. The van der Waals surface area contributed by atoms with Crippen molar-refractivity contribution in [3.8, 4) is 5.75 Å². The van der Waals surface area contributed by atoms with E-state index in [1.54, 1.807) is 0 Å². The highest BCUT2D eigenvalue weighted by Crippen LogP contribution is 2.42. The Balaban J connectivity index is 1.92. The predicted octanol–water partition coefficient (Wildman–Crippen LogP) is 3.73. The Morgan fingerprint density at radius 3 is 2.78 bits per heavy atom. The first-order valence-corrected chi connectivity index (χ1v) is 7.23. The highest BCUT2D eigenvalue weighted by molar-refractivity contribution is 9.10. The Labute approximate surface area is 115 Å². The molecule has 1 spiro atoms. The lowest BCUT2D eigenvalue weighted by atomic mass is 9.74. The van der Waals surface area contributed by atoms with Crippen LogP contribution < -0.4 is 10.1 Å². The third-order valence-corrected chi connectivity index (χ3v) is 4.48. The van der Waals surface area contributed by atoms with Crippen LogP contribution in [0.25, 0.3) is 0 Å². The number of fused-ring (bicyclic) bond motifs is 1. The maximum Gasteiger partial charge on any atom is 0.234 e. The van der Waals surface area contributed by atoms with Gasteiger partial charge in [-0.3, -0.25) is 4.79 Å². The van der Waals surface area contributed by atoms with Gasteiger partial charge in [0.25, 0.3) is 0 Å². The van der Waals surface area contributed by atoms with E-state index in [9.17, 15) is 4.79 Å². The SMILES string of the molecule is O=C1Nc2ccc(Br)cc2OCC12CCCCC2. The molecule has 0 atom stereocenters. The summed E-state index contributed by atoms with van der Waals surface area (Å²) in [5, 5.41) is 3.03. The summed E-state index contributed by atoms with van der Waals surface area (Å²) in [5.41, 5.74) is 0.467. The van der Waals surface area contributed by atoms with E-state index in [2.05, 4.69) is 21.2 Å². The molecule has 3 rings (SSSR count). The molecule has 1 N–H and O–H groups in total. The number of halogens is 1. The number of carbonyl (C=O) groups is 1. The van der Waals surface area contributed by atoms with E-state index >= 15 is 0 Å². The van der Waals surface area contributed by atoms with Crippen molar-refractivity contribution < 1.29 is 9.53 Å². The summed E-state index contributed by atoms with van der Waals surface area (Å²) in [6.07, 6.45) is 5.35. The van der Waals surface area contributed by atoms with E-state index in [1.165, 1.54) is 6.42 Å². The Morgan fingerprint density at radius 2 is 2.00 bits per heavy atom. The zero-order valence-electron chi connectivity index (χ0n) is 10.2. The number of hydrogen-bond acceptors (Lipinski definition) is 2. The fourth-order valence-corrected chi connectivity index (χ4v) is 3.20. The molecule has 0 unspecified atom stereocenters. The molecule has 1 saturated carbocycles.